The lowest BCUT2D eigenvalue weighted by Gasteiger charge is -2.13. The number of aliphatic hydroxyl groups is 2. The summed E-state index contributed by atoms with van der Waals surface area (Å²) in [6.45, 7) is 1.39. The molecule has 0 aliphatic rings. The lowest BCUT2D eigenvalue weighted by atomic mass is 10.3. The quantitative estimate of drug-likeness (QED) is 0.183. The van der Waals surface area contributed by atoms with E-state index >= 15 is 0 Å². The molecule has 0 fully saturated rings. The van der Waals surface area contributed by atoms with Crippen molar-refractivity contribution in [1.82, 2.24) is 0 Å². The molecule has 0 bridgehead atoms. The molecule has 0 heterocycles. The van der Waals surface area contributed by atoms with Crippen LogP contribution in [0.3, 0.4) is 0 Å². The SMILES string of the molecule is CC(O)CO.O=P(O)(Oc1ccccc1)Oc1ccccc1.OP(Oc1ccccc1)Oc1ccccc1. The number of phosphoric acid groups is 1. The first-order valence-electron chi connectivity index (χ1n) is 11.3. The average Bonchev–Trinajstić information content (AvgIpc) is 2.91. The molecule has 0 saturated heterocycles. The predicted molar refractivity (Wildman–Crippen MR) is 146 cm³/mol. The average molecular weight is 560 g/mol. The molecule has 4 rings (SSSR count). The Kier molecular flexibility index (Phi) is 13.9. The molecule has 1 unspecified atom stereocenters. The van der Waals surface area contributed by atoms with Crippen molar-refractivity contribution in [3.63, 3.8) is 0 Å². The van der Waals surface area contributed by atoms with E-state index in [0.717, 1.165) is 0 Å². The Labute approximate surface area is 223 Å². The Balaban J connectivity index is 0.000000228. The van der Waals surface area contributed by atoms with Gasteiger partial charge < -0.3 is 33.2 Å². The van der Waals surface area contributed by atoms with Crippen molar-refractivity contribution in [2.75, 3.05) is 6.61 Å². The van der Waals surface area contributed by atoms with Gasteiger partial charge in [0.1, 0.15) is 23.0 Å². The zero-order chi connectivity index (χ0) is 27.6. The summed E-state index contributed by atoms with van der Waals surface area (Å²) >= 11 is 0. The molecule has 0 spiro atoms. The summed E-state index contributed by atoms with van der Waals surface area (Å²) in [7, 11) is -6.07. The molecule has 4 N–H and O–H groups in total. The van der Waals surface area contributed by atoms with E-state index in [1.165, 1.54) is 6.92 Å². The molecule has 0 aliphatic carbocycles. The van der Waals surface area contributed by atoms with E-state index in [2.05, 4.69) is 0 Å². The molecule has 4 aromatic carbocycles. The van der Waals surface area contributed by atoms with Crippen LogP contribution in [0, 0.1) is 0 Å². The van der Waals surface area contributed by atoms with E-state index < -0.39 is 22.5 Å². The molecule has 9 nitrogen and oxygen atoms in total. The smallest absolute Gasteiger partial charge is 0.418 e. The fourth-order valence-corrected chi connectivity index (χ4v) is 3.86. The Hall–Kier alpha value is -3.42. The highest BCUT2D eigenvalue weighted by atomic mass is 31.2. The molecule has 0 aliphatic heterocycles. The Morgan fingerprint density at radius 2 is 0.921 bits per heavy atom. The van der Waals surface area contributed by atoms with E-state index in [-0.39, 0.29) is 18.1 Å². The van der Waals surface area contributed by atoms with E-state index in [1.54, 1.807) is 84.9 Å². The van der Waals surface area contributed by atoms with Gasteiger partial charge in [-0.05, 0) is 55.5 Å². The van der Waals surface area contributed by atoms with Gasteiger partial charge in [-0.25, -0.2) is 4.57 Å². The van der Waals surface area contributed by atoms with Gasteiger partial charge >= 0.3 is 16.4 Å². The molecule has 0 amide bonds. The molecule has 11 heteroatoms. The molecule has 38 heavy (non-hydrogen) atoms. The lowest BCUT2D eigenvalue weighted by Crippen LogP contribution is -2.03. The Morgan fingerprint density at radius 3 is 1.18 bits per heavy atom. The van der Waals surface area contributed by atoms with Gasteiger partial charge in [0, 0.05) is 0 Å². The summed E-state index contributed by atoms with van der Waals surface area (Å²) in [5, 5.41) is 16.0. The monoisotopic (exact) mass is 560 g/mol. The third-order valence-corrected chi connectivity index (χ3v) is 5.66. The summed E-state index contributed by atoms with van der Waals surface area (Å²) in [4.78, 5) is 19.1. The van der Waals surface area contributed by atoms with E-state index in [0.29, 0.717) is 11.5 Å². The van der Waals surface area contributed by atoms with Gasteiger partial charge in [-0.15, -0.1) is 0 Å². The minimum atomic E-state index is -4.14. The summed E-state index contributed by atoms with van der Waals surface area (Å²) in [5.74, 6) is 1.75. The van der Waals surface area contributed by atoms with E-state index in [4.69, 9.17) is 28.3 Å². The van der Waals surface area contributed by atoms with Gasteiger partial charge in [0.2, 0.25) is 0 Å². The summed E-state index contributed by atoms with van der Waals surface area (Å²) in [5.41, 5.74) is 0. The molecule has 4 aromatic rings. The first-order valence-corrected chi connectivity index (χ1v) is 14.0. The second kappa shape index (κ2) is 17.2. The molecule has 0 aromatic heterocycles. The fourth-order valence-electron chi connectivity index (χ4n) is 2.41. The summed E-state index contributed by atoms with van der Waals surface area (Å²) < 4.78 is 31.9. The normalized spacial score (nSPS) is 11.1. The molecular weight excluding hydrogens is 530 g/mol. The standard InChI is InChI=1S/C12H11O4P.C12H11O3P.C3H8O2/c13-17(14,15-11-7-3-1-4-8-11)16-12-9-5-2-6-10-12;13-16(14-11-7-3-1-4-8-11)15-12-9-5-2-6-10-12;1-3(5)2-4/h1-10H,(H,13,14);1-10,13H;3-5H,2H2,1H3. The summed E-state index contributed by atoms with van der Waals surface area (Å²) in [6.07, 6.45) is -0.560. The van der Waals surface area contributed by atoms with Crippen LogP contribution in [0.1, 0.15) is 6.92 Å². The first-order chi connectivity index (χ1) is 18.3. The fraction of sp³-hybridized carbons (Fsp3) is 0.111. The van der Waals surface area contributed by atoms with Crippen LogP contribution in [0.25, 0.3) is 0 Å². The van der Waals surface area contributed by atoms with E-state index in [9.17, 15) is 14.4 Å². The van der Waals surface area contributed by atoms with Crippen LogP contribution >= 0.6 is 16.4 Å². The number of rotatable bonds is 9. The van der Waals surface area contributed by atoms with Crippen LogP contribution in [0.15, 0.2) is 121 Å². The topological polar surface area (TPSA) is 135 Å². The largest absolute Gasteiger partial charge is 0.584 e. The number of aliphatic hydroxyl groups excluding tert-OH is 2. The van der Waals surface area contributed by atoms with Gasteiger partial charge in [0.25, 0.3) is 0 Å². The van der Waals surface area contributed by atoms with Crippen LogP contribution in [0.4, 0.5) is 0 Å². The zero-order valence-electron chi connectivity index (χ0n) is 20.6. The number of para-hydroxylation sites is 4. The highest BCUT2D eigenvalue weighted by Crippen LogP contribution is 2.44. The van der Waals surface area contributed by atoms with Gasteiger partial charge in [-0.3, -0.25) is 4.89 Å². The first kappa shape index (κ1) is 30.8. The highest BCUT2D eigenvalue weighted by molar-refractivity contribution is 7.48. The summed E-state index contributed by atoms with van der Waals surface area (Å²) in [6, 6.07) is 34.9. The Morgan fingerprint density at radius 1 is 0.658 bits per heavy atom. The Bertz CT molecular complexity index is 1100. The molecule has 1 atom stereocenters. The van der Waals surface area contributed by atoms with Gasteiger partial charge in [-0.2, -0.15) is 0 Å². The van der Waals surface area contributed by atoms with Crippen LogP contribution in [0.2, 0.25) is 0 Å². The van der Waals surface area contributed by atoms with Gasteiger partial charge in [0.15, 0.2) is 0 Å². The van der Waals surface area contributed by atoms with Crippen LogP contribution < -0.4 is 18.1 Å². The number of hydrogen-bond donors (Lipinski definition) is 4. The second-order valence-corrected chi connectivity index (χ2v) is 9.50. The molecule has 202 valence electrons. The van der Waals surface area contributed by atoms with Crippen molar-refractivity contribution >= 4 is 16.4 Å². The van der Waals surface area contributed by atoms with Gasteiger partial charge in [0.05, 0.1) is 12.7 Å². The van der Waals surface area contributed by atoms with Crippen molar-refractivity contribution in [2.24, 2.45) is 0 Å². The zero-order valence-corrected chi connectivity index (χ0v) is 22.3. The van der Waals surface area contributed by atoms with Crippen molar-refractivity contribution in [3.05, 3.63) is 121 Å². The molecule has 0 radical (unpaired) electrons. The van der Waals surface area contributed by atoms with Crippen LogP contribution in [-0.4, -0.2) is 32.7 Å². The third kappa shape index (κ3) is 13.8. The molecule has 0 saturated carbocycles. The van der Waals surface area contributed by atoms with Crippen molar-refractivity contribution < 1.29 is 42.7 Å². The maximum absolute atomic E-state index is 11.7. The van der Waals surface area contributed by atoms with Crippen molar-refractivity contribution in [2.45, 2.75) is 13.0 Å². The minimum Gasteiger partial charge on any atom is -0.418 e. The number of benzene rings is 4. The van der Waals surface area contributed by atoms with Gasteiger partial charge in [-0.1, -0.05) is 72.8 Å². The maximum Gasteiger partial charge on any atom is 0.584 e. The highest BCUT2D eigenvalue weighted by Gasteiger charge is 2.24. The van der Waals surface area contributed by atoms with Crippen LogP contribution in [0.5, 0.6) is 23.0 Å². The van der Waals surface area contributed by atoms with Crippen LogP contribution in [-0.2, 0) is 4.57 Å². The minimum absolute atomic E-state index is 0.139. The van der Waals surface area contributed by atoms with Crippen molar-refractivity contribution in [3.8, 4) is 23.0 Å². The van der Waals surface area contributed by atoms with E-state index in [1.807, 2.05) is 36.4 Å². The van der Waals surface area contributed by atoms with Crippen molar-refractivity contribution in [1.29, 1.82) is 0 Å². The predicted octanol–water partition coefficient (Wildman–Crippen LogP) is 5.97. The number of phosphoric ester groups is 1. The maximum atomic E-state index is 11.7. The second-order valence-electron chi connectivity index (χ2n) is 7.36. The lowest BCUT2D eigenvalue weighted by molar-refractivity contribution is 0.110. The molecular formula is C27H30O9P2. The third-order valence-electron chi connectivity index (χ3n) is 4.05. The number of hydrogen-bond acceptors (Lipinski definition) is 8.